The highest BCUT2D eigenvalue weighted by Crippen LogP contribution is 2.15. The van der Waals surface area contributed by atoms with Crippen LogP contribution in [-0.4, -0.2) is 26.9 Å². The third kappa shape index (κ3) is 6.20. The molecule has 0 fully saturated rings. The molecule has 0 unspecified atom stereocenters. The molecule has 0 aliphatic heterocycles. The topological polar surface area (TPSA) is 38.1 Å². The van der Waals surface area contributed by atoms with Gasteiger partial charge in [-0.2, -0.15) is 0 Å². The standard InChI is InChI=1S/C20H28ClN3O/c1-15(2)10-20(25)24(12-16(3)4)14-19-22-8-9-23(19)13-17-6-5-7-18(21)11-17/h5-9,11,15-16H,10,12-14H2,1-4H3. The molecule has 0 atom stereocenters. The van der Waals surface area contributed by atoms with E-state index in [4.69, 9.17) is 11.6 Å². The number of hydrogen-bond donors (Lipinski definition) is 0. The van der Waals surface area contributed by atoms with Gasteiger partial charge in [0.25, 0.3) is 0 Å². The lowest BCUT2D eigenvalue weighted by Crippen LogP contribution is -2.35. The molecule has 1 aromatic heterocycles. The summed E-state index contributed by atoms with van der Waals surface area (Å²) in [5.74, 6) is 1.87. The summed E-state index contributed by atoms with van der Waals surface area (Å²) in [6.45, 7) is 10.4. The summed E-state index contributed by atoms with van der Waals surface area (Å²) in [5, 5.41) is 0.729. The van der Waals surface area contributed by atoms with Crippen LogP contribution < -0.4 is 0 Å². The van der Waals surface area contributed by atoms with Gasteiger partial charge < -0.3 is 9.47 Å². The molecule has 0 N–H and O–H groups in total. The van der Waals surface area contributed by atoms with Gasteiger partial charge in [0.1, 0.15) is 5.82 Å². The van der Waals surface area contributed by atoms with E-state index in [1.165, 1.54) is 0 Å². The zero-order valence-corrected chi connectivity index (χ0v) is 16.3. The summed E-state index contributed by atoms with van der Waals surface area (Å²) in [5.41, 5.74) is 1.12. The van der Waals surface area contributed by atoms with Crippen molar-refractivity contribution in [2.24, 2.45) is 11.8 Å². The second kappa shape index (κ2) is 9.04. The summed E-state index contributed by atoms with van der Waals surface area (Å²) in [4.78, 5) is 19.0. The number of imidazole rings is 1. The van der Waals surface area contributed by atoms with Crippen molar-refractivity contribution in [2.75, 3.05) is 6.54 Å². The molecule has 2 rings (SSSR count). The van der Waals surface area contributed by atoms with Gasteiger partial charge in [0.05, 0.1) is 6.54 Å². The Hall–Kier alpha value is -1.81. The van der Waals surface area contributed by atoms with E-state index in [0.717, 1.165) is 23.0 Å². The Morgan fingerprint density at radius 3 is 2.64 bits per heavy atom. The fourth-order valence-corrected chi connectivity index (χ4v) is 3.02. The van der Waals surface area contributed by atoms with Crippen LogP contribution >= 0.6 is 11.6 Å². The summed E-state index contributed by atoms with van der Waals surface area (Å²) >= 11 is 6.08. The minimum absolute atomic E-state index is 0.195. The molecule has 4 nitrogen and oxygen atoms in total. The lowest BCUT2D eigenvalue weighted by Gasteiger charge is -2.25. The molecule has 0 spiro atoms. The first-order chi connectivity index (χ1) is 11.8. The monoisotopic (exact) mass is 361 g/mol. The molecular weight excluding hydrogens is 334 g/mol. The van der Waals surface area contributed by atoms with E-state index in [1.807, 2.05) is 35.4 Å². The maximum atomic E-state index is 12.6. The maximum Gasteiger partial charge on any atom is 0.223 e. The highest BCUT2D eigenvalue weighted by atomic mass is 35.5. The van der Waals surface area contributed by atoms with Gasteiger partial charge in [-0.1, -0.05) is 51.4 Å². The van der Waals surface area contributed by atoms with E-state index in [1.54, 1.807) is 6.20 Å². The molecule has 0 aliphatic rings. The van der Waals surface area contributed by atoms with Crippen LogP contribution in [0.5, 0.6) is 0 Å². The molecule has 0 aliphatic carbocycles. The van der Waals surface area contributed by atoms with Gasteiger partial charge in [-0.05, 0) is 29.5 Å². The fourth-order valence-electron chi connectivity index (χ4n) is 2.81. The first kappa shape index (κ1) is 19.5. The van der Waals surface area contributed by atoms with Crippen molar-refractivity contribution in [2.45, 2.75) is 47.2 Å². The van der Waals surface area contributed by atoms with Crippen LogP contribution in [0.4, 0.5) is 0 Å². The van der Waals surface area contributed by atoms with Gasteiger partial charge in [-0.3, -0.25) is 4.79 Å². The van der Waals surface area contributed by atoms with Crippen LogP contribution in [0.15, 0.2) is 36.7 Å². The van der Waals surface area contributed by atoms with Gasteiger partial charge in [-0.25, -0.2) is 4.98 Å². The van der Waals surface area contributed by atoms with Crippen molar-refractivity contribution >= 4 is 17.5 Å². The number of rotatable bonds is 8. The van der Waals surface area contributed by atoms with Gasteiger partial charge in [0.2, 0.25) is 5.91 Å². The lowest BCUT2D eigenvalue weighted by molar-refractivity contribution is -0.133. The van der Waals surface area contributed by atoms with Crippen LogP contribution in [0.3, 0.4) is 0 Å². The highest BCUT2D eigenvalue weighted by molar-refractivity contribution is 6.30. The summed E-state index contributed by atoms with van der Waals surface area (Å²) < 4.78 is 2.08. The van der Waals surface area contributed by atoms with Crippen molar-refractivity contribution in [1.29, 1.82) is 0 Å². The number of aromatic nitrogens is 2. The van der Waals surface area contributed by atoms with Crippen molar-refractivity contribution in [1.82, 2.24) is 14.5 Å². The number of nitrogens with zero attached hydrogens (tertiary/aromatic N) is 3. The average molecular weight is 362 g/mol. The third-order valence-corrected chi connectivity index (χ3v) is 4.13. The first-order valence-electron chi connectivity index (χ1n) is 8.87. The maximum absolute atomic E-state index is 12.6. The number of benzene rings is 1. The molecule has 5 heteroatoms. The third-order valence-electron chi connectivity index (χ3n) is 3.90. The van der Waals surface area contributed by atoms with E-state index >= 15 is 0 Å². The Kier molecular flexibility index (Phi) is 7.06. The summed E-state index contributed by atoms with van der Waals surface area (Å²) in [6, 6.07) is 7.83. The second-order valence-electron chi connectivity index (χ2n) is 7.37. The van der Waals surface area contributed by atoms with Gasteiger partial charge in [0, 0.05) is 36.9 Å². The number of halogens is 1. The minimum Gasteiger partial charge on any atom is -0.335 e. The minimum atomic E-state index is 0.195. The van der Waals surface area contributed by atoms with Crippen LogP contribution in [0.2, 0.25) is 5.02 Å². The van der Waals surface area contributed by atoms with Crippen LogP contribution in [0, 0.1) is 11.8 Å². The van der Waals surface area contributed by atoms with Gasteiger partial charge in [0.15, 0.2) is 0 Å². The fraction of sp³-hybridized carbons (Fsp3) is 0.500. The number of hydrogen-bond acceptors (Lipinski definition) is 2. The predicted molar refractivity (Wildman–Crippen MR) is 102 cm³/mol. The Morgan fingerprint density at radius 2 is 2.00 bits per heavy atom. The first-order valence-corrected chi connectivity index (χ1v) is 9.25. The molecule has 0 bridgehead atoms. The zero-order valence-electron chi connectivity index (χ0n) is 15.6. The quantitative estimate of drug-likeness (QED) is 0.688. The Bertz CT molecular complexity index is 694. The van der Waals surface area contributed by atoms with E-state index in [-0.39, 0.29) is 5.91 Å². The molecule has 1 aromatic carbocycles. The molecule has 2 aromatic rings. The van der Waals surface area contributed by atoms with E-state index in [2.05, 4.69) is 37.2 Å². The van der Waals surface area contributed by atoms with Gasteiger partial charge >= 0.3 is 0 Å². The van der Waals surface area contributed by atoms with Crippen LogP contribution in [0.25, 0.3) is 0 Å². The largest absolute Gasteiger partial charge is 0.335 e. The molecule has 136 valence electrons. The second-order valence-corrected chi connectivity index (χ2v) is 7.80. The number of amides is 1. The Morgan fingerprint density at radius 1 is 1.24 bits per heavy atom. The van der Waals surface area contributed by atoms with E-state index < -0.39 is 0 Å². The molecule has 0 saturated carbocycles. The van der Waals surface area contributed by atoms with Crippen molar-refractivity contribution in [3.05, 3.63) is 53.1 Å². The van der Waals surface area contributed by atoms with E-state index in [9.17, 15) is 4.79 Å². The smallest absolute Gasteiger partial charge is 0.223 e. The molecule has 25 heavy (non-hydrogen) atoms. The number of carbonyl (C=O) groups excluding carboxylic acids is 1. The molecule has 0 radical (unpaired) electrons. The Labute approximate surface area is 155 Å². The van der Waals surface area contributed by atoms with Crippen molar-refractivity contribution in [3.8, 4) is 0 Å². The van der Waals surface area contributed by atoms with Gasteiger partial charge in [-0.15, -0.1) is 0 Å². The summed E-state index contributed by atoms with van der Waals surface area (Å²) in [7, 11) is 0. The average Bonchev–Trinajstić information content (AvgIpc) is 2.92. The summed E-state index contributed by atoms with van der Waals surface area (Å²) in [6.07, 6.45) is 4.32. The molecule has 1 heterocycles. The lowest BCUT2D eigenvalue weighted by atomic mass is 10.1. The van der Waals surface area contributed by atoms with E-state index in [0.29, 0.717) is 31.3 Å². The van der Waals surface area contributed by atoms with Crippen LogP contribution in [0.1, 0.15) is 45.5 Å². The molecule has 0 saturated heterocycles. The van der Waals surface area contributed by atoms with Crippen molar-refractivity contribution in [3.63, 3.8) is 0 Å². The SMILES string of the molecule is CC(C)CC(=O)N(Cc1nccn1Cc1cccc(Cl)c1)CC(C)C. The predicted octanol–water partition coefficient (Wildman–Crippen LogP) is 4.62. The zero-order chi connectivity index (χ0) is 18.4. The molecular formula is C20H28ClN3O. The molecule has 1 amide bonds. The Balaban J connectivity index is 2.14. The highest BCUT2D eigenvalue weighted by Gasteiger charge is 2.18. The normalized spacial score (nSPS) is 11.3. The van der Waals surface area contributed by atoms with Crippen LogP contribution in [-0.2, 0) is 17.9 Å². The number of carbonyl (C=O) groups is 1. The van der Waals surface area contributed by atoms with Crippen molar-refractivity contribution < 1.29 is 4.79 Å².